The first-order valence-corrected chi connectivity index (χ1v) is 5.72. The van der Waals surface area contributed by atoms with Crippen LogP contribution in [0.5, 0.6) is 0 Å². The molecule has 2 rings (SSSR count). The molecule has 2 amide bonds. The molecule has 0 radical (unpaired) electrons. The third-order valence-electron chi connectivity index (χ3n) is 4.01. The zero-order chi connectivity index (χ0) is 10.9. The van der Waals surface area contributed by atoms with Crippen molar-refractivity contribution in [2.45, 2.75) is 38.5 Å². The van der Waals surface area contributed by atoms with E-state index in [1.54, 1.807) is 0 Å². The van der Waals surface area contributed by atoms with Gasteiger partial charge in [0.25, 0.3) is 0 Å². The summed E-state index contributed by atoms with van der Waals surface area (Å²) < 4.78 is 0. The van der Waals surface area contributed by atoms with Gasteiger partial charge in [0.05, 0.1) is 12.0 Å². The van der Waals surface area contributed by atoms with Gasteiger partial charge in [0.15, 0.2) is 0 Å². The van der Waals surface area contributed by atoms with Crippen molar-refractivity contribution in [2.75, 3.05) is 6.54 Å². The molecule has 3 N–H and O–H groups in total. The van der Waals surface area contributed by atoms with Crippen molar-refractivity contribution in [3.05, 3.63) is 0 Å². The molecule has 2 aliphatic rings. The van der Waals surface area contributed by atoms with Crippen LogP contribution in [-0.4, -0.2) is 18.4 Å². The quantitative estimate of drug-likeness (QED) is 0.714. The molecule has 0 spiro atoms. The zero-order valence-corrected chi connectivity index (χ0v) is 8.92. The lowest BCUT2D eigenvalue weighted by Crippen LogP contribution is -2.44. The Hall–Kier alpha value is -1.06. The van der Waals surface area contributed by atoms with Crippen molar-refractivity contribution in [3.8, 4) is 0 Å². The van der Waals surface area contributed by atoms with Crippen molar-refractivity contribution in [3.63, 3.8) is 0 Å². The average Bonchev–Trinajstić information content (AvgIpc) is 2.72. The Morgan fingerprint density at radius 2 is 1.87 bits per heavy atom. The summed E-state index contributed by atoms with van der Waals surface area (Å²) in [6, 6.07) is 0. The number of nitrogens with one attached hydrogen (secondary N) is 1. The number of nitrogens with two attached hydrogens (primary N) is 1. The summed E-state index contributed by atoms with van der Waals surface area (Å²) in [7, 11) is 0. The highest BCUT2D eigenvalue weighted by Crippen LogP contribution is 2.54. The highest BCUT2D eigenvalue weighted by molar-refractivity contribution is 5.88. The van der Waals surface area contributed by atoms with Crippen LogP contribution >= 0.6 is 0 Å². The van der Waals surface area contributed by atoms with Gasteiger partial charge in [0.1, 0.15) is 0 Å². The molecule has 0 saturated heterocycles. The van der Waals surface area contributed by atoms with Gasteiger partial charge in [0, 0.05) is 0 Å². The van der Waals surface area contributed by atoms with Crippen LogP contribution in [0.3, 0.4) is 0 Å². The lowest BCUT2D eigenvalue weighted by Gasteiger charge is -2.27. The Balaban J connectivity index is 2.01. The molecule has 2 saturated carbocycles. The summed E-state index contributed by atoms with van der Waals surface area (Å²) in [5, 5.41) is 2.67. The minimum absolute atomic E-state index is 0.0205. The maximum absolute atomic E-state index is 12.0. The van der Waals surface area contributed by atoms with Crippen LogP contribution in [-0.2, 0) is 9.59 Å². The first-order valence-electron chi connectivity index (χ1n) is 5.72. The summed E-state index contributed by atoms with van der Waals surface area (Å²) in [4.78, 5) is 22.7. The normalized spacial score (nSPS) is 33.7. The van der Waals surface area contributed by atoms with Crippen LogP contribution in [0.1, 0.15) is 38.5 Å². The molecule has 0 atom stereocenters. The first-order chi connectivity index (χ1) is 7.15. The minimum atomic E-state index is -0.465. The number of hydrogen-bond donors (Lipinski definition) is 2. The largest absolute Gasteiger partial charge is 0.368 e. The van der Waals surface area contributed by atoms with Gasteiger partial charge < -0.3 is 11.1 Å². The van der Waals surface area contributed by atoms with E-state index in [2.05, 4.69) is 5.32 Å². The third-order valence-corrected chi connectivity index (χ3v) is 4.01. The summed E-state index contributed by atoms with van der Waals surface area (Å²) in [5.41, 5.74) is 4.86. The molecule has 0 unspecified atom stereocenters. The van der Waals surface area contributed by atoms with Gasteiger partial charge in [-0.05, 0) is 31.6 Å². The Bertz CT molecular complexity index is 278. The zero-order valence-electron chi connectivity index (χ0n) is 8.92. The fourth-order valence-electron chi connectivity index (χ4n) is 3.31. The summed E-state index contributed by atoms with van der Waals surface area (Å²) in [6.07, 6.45) is 6.61. The summed E-state index contributed by atoms with van der Waals surface area (Å²) >= 11 is 0. The molecular formula is C11H18N2O2. The van der Waals surface area contributed by atoms with E-state index in [-0.39, 0.29) is 17.9 Å². The van der Waals surface area contributed by atoms with E-state index >= 15 is 0 Å². The fraction of sp³-hybridized carbons (Fsp3) is 0.818. The van der Waals surface area contributed by atoms with Crippen molar-refractivity contribution < 1.29 is 9.59 Å². The number of amides is 2. The maximum atomic E-state index is 12.0. The van der Waals surface area contributed by atoms with E-state index in [0.717, 1.165) is 25.7 Å². The van der Waals surface area contributed by atoms with Crippen LogP contribution in [0.25, 0.3) is 0 Å². The number of rotatable bonds is 3. The second kappa shape index (κ2) is 3.83. The number of primary amides is 1. The van der Waals surface area contributed by atoms with E-state index < -0.39 is 5.91 Å². The lowest BCUT2D eigenvalue weighted by molar-refractivity contribution is -0.133. The van der Waals surface area contributed by atoms with Crippen LogP contribution in [0.2, 0.25) is 0 Å². The molecule has 0 bridgehead atoms. The molecule has 84 valence electrons. The summed E-state index contributed by atoms with van der Waals surface area (Å²) in [5.74, 6) is 0.138. The molecule has 0 aromatic heterocycles. The smallest absolute Gasteiger partial charge is 0.236 e. The van der Waals surface area contributed by atoms with E-state index in [1.165, 1.54) is 12.8 Å². The predicted molar refractivity (Wildman–Crippen MR) is 55.8 cm³/mol. The molecule has 2 aliphatic carbocycles. The highest BCUT2D eigenvalue weighted by Gasteiger charge is 2.51. The van der Waals surface area contributed by atoms with E-state index in [1.807, 2.05) is 0 Å². The van der Waals surface area contributed by atoms with Crippen LogP contribution in [0.4, 0.5) is 0 Å². The Morgan fingerprint density at radius 3 is 2.40 bits per heavy atom. The molecule has 4 nitrogen and oxygen atoms in total. The van der Waals surface area contributed by atoms with Gasteiger partial charge in [0.2, 0.25) is 11.8 Å². The molecule has 0 aromatic rings. The van der Waals surface area contributed by atoms with E-state index in [0.29, 0.717) is 5.92 Å². The molecule has 0 aliphatic heterocycles. The van der Waals surface area contributed by atoms with Gasteiger partial charge in [-0.1, -0.05) is 12.8 Å². The average molecular weight is 210 g/mol. The van der Waals surface area contributed by atoms with E-state index in [4.69, 9.17) is 5.73 Å². The second-order valence-electron chi connectivity index (χ2n) is 4.79. The monoisotopic (exact) mass is 210 g/mol. The Labute approximate surface area is 89.6 Å². The Kier molecular flexibility index (Phi) is 2.67. The highest BCUT2D eigenvalue weighted by atomic mass is 16.2. The van der Waals surface area contributed by atoms with Gasteiger partial charge >= 0.3 is 0 Å². The van der Waals surface area contributed by atoms with Crippen molar-refractivity contribution in [1.82, 2.24) is 5.32 Å². The van der Waals surface area contributed by atoms with Gasteiger partial charge in [-0.25, -0.2) is 0 Å². The fourth-order valence-corrected chi connectivity index (χ4v) is 3.31. The number of fused-ring (bicyclic) bond motifs is 1. The number of carbonyl (C=O) groups excluding carboxylic acids is 2. The van der Waals surface area contributed by atoms with Gasteiger partial charge in [-0.15, -0.1) is 0 Å². The standard InChI is InChI=1S/C11H18N2O2/c12-9(14)7-13-10(15)11-5-1-3-8(11)4-2-6-11/h8H,1-7H2,(H2,12,14)(H,13,15)/t8-,11+. The SMILES string of the molecule is NC(=O)CNC(=O)[C@]12CCC[C@@H]1CCC2. The molecule has 4 heteroatoms. The van der Waals surface area contributed by atoms with E-state index in [9.17, 15) is 9.59 Å². The molecule has 15 heavy (non-hydrogen) atoms. The van der Waals surface area contributed by atoms with Crippen LogP contribution in [0, 0.1) is 11.3 Å². The molecule has 2 fully saturated rings. The minimum Gasteiger partial charge on any atom is -0.368 e. The summed E-state index contributed by atoms with van der Waals surface area (Å²) in [6.45, 7) is -0.0205. The Morgan fingerprint density at radius 1 is 1.27 bits per heavy atom. The topological polar surface area (TPSA) is 72.2 Å². The maximum Gasteiger partial charge on any atom is 0.236 e. The first kappa shape index (κ1) is 10.5. The number of carbonyl (C=O) groups is 2. The molecular weight excluding hydrogens is 192 g/mol. The third kappa shape index (κ3) is 1.73. The number of hydrogen-bond acceptors (Lipinski definition) is 2. The van der Waals surface area contributed by atoms with Crippen LogP contribution < -0.4 is 11.1 Å². The lowest BCUT2D eigenvalue weighted by atomic mass is 9.79. The van der Waals surface area contributed by atoms with Crippen LogP contribution in [0.15, 0.2) is 0 Å². The van der Waals surface area contributed by atoms with Gasteiger partial charge in [-0.2, -0.15) is 0 Å². The molecule has 0 aromatic carbocycles. The van der Waals surface area contributed by atoms with Gasteiger partial charge in [-0.3, -0.25) is 9.59 Å². The predicted octanol–water partition coefficient (Wildman–Crippen LogP) is 0.558. The van der Waals surface area contributed by atoms with Crippen molar-refractivity contribution in [2.24, 2.45) is 17.1 Å². The molecule has 0 heterocycles. The second-order valence-corrected chi connectivity index (χ2v) is 4.79. The van der Waals surface area contributed by atoms with Crippen molar-refractivity contribution in [1.29, 1.82) is 0 Å². The van der Waals surface area contributed by atoms with Crippen molar-refractivity contribution >= 4 is 11.8 Å².